The Kier molecular flexibility index (Phi) is 7.19. The maximum Gasteiger partial charge on any atom is 0.138 e. The molecule has 0 radical (unpaired) electrons. The minimum atomic E-state index is -0.0530. The van der Waals surface area contributed by atoms with Gasteiger partial charge in [-0.05, 0) is 36.3 Å². The van der Waals surface area contributed by atoms with Crippen LogP contribution in [0.25, 0.3) is 0 Å². The minimum absolute atomic E-state index is 0.0530. The van der Waals surface area contributed by atoms with Crippen molar-refractivity contribution in [3.8, 4) is 12.1 Å². The molecule has 1 aliphatic carbocycles. The Labute approximate surface area is 145 Å². The highest BCUT2D eigenvalue weighted by atomic mass is 16.7. The van der Waals surface area contributed by atoms with Crippen LogP contribution in [0.15, 0.2) is 22.9 Å². The fourth-order valence-corrected chi connectivity index (χ4v) is 2.74. The van der Waals surface area contributed by atoms with Crippen molar-refractivity contribution in [3.63, 3.8) is 0 Å². The van der Waals surface area contributed by atoms with E-state index < -0.39 is 0 Å². The van der Waals surface area contributed by atoms with Crippen LogP contribution >= 0.6 is 0 Å². The number of nitrogens with zero attached hydrogens (tertiary/aromatic N) is 3. The average Bonchev–Trinajstić information content (AvgIpc) is 2.53. The predicted molar refractivity (Wildman–Crippen MR) is 92.1 cm³/mol. The van der Waals surface area contributed by atoms with E-state index in [0.29, 0.717) is 19.4 Å². The summed E-state index contributed by atoms with van der Waals surface area (Å²) in [5, 5.41) is 19.9. The molecule has 0 amide bonds. The first-order valence-electron chi connectivity index (χ1n) is 8.37. The van der Waals surface area contributed by atoms with Crippen molar-refractivity contribution < 1.29 is 9.63 Å². The van der Waals surface area contributed by atoms with Crippen molar-refractivity contribution in [2.24, 2.45) is 11.3 Å². The molecule has 0 saturated carbocycles. The van der Waals surface area contributed by atoms with Gasteiger partial charge in [0.1, 0.15) is 23.5 Å². The van der Waals surface area contributed by atoms with E-state index in [1.165, 1.54) is 0 Å². The van der Waals surface area contributed by atoms with Gasteiger partial charge >= 0.3 is 0 Å². The zero-order valence-corrected chi connectivity index (χ0v) is 15.3. The summed E-state index contributed by atoms with van der Waals surface area (Å²) < 4.78 is 0. The van der Waals surface area contributed by atoms with E-state index in [-0.39, 0.29) is 22.7 Å². The van der Waals surface area contributed by atoms with Gasteiger partial charge in [-0.2, -0.15) is 10.5 Å². The van der Waals surface area contributed by atoms with Crippen molar-refractivity contribution >= 4 is 5.78 Å². The molecule has 0 spiro atoms. The molecule has 0 aliphatic heterocycles. The summed E-state index contributed by atoms with van der Waals surface area (Å²) in [6.45, 7) is 8.47. The second-order valence-electron chi connectivity index (χ2n) is 7.13. The first kappa shape index (κ1) is 19.9. The summed E-state index contributed by atoms with van der Waals surface area (Å²) in [4.78, 5) is 17.6. The van der Waals surface area contributed by atoms with Gasteiger partial charge in [0, 0.05) is 25.1 Å². The van der Waals surface area contributed by atoms with Gasteiger partial charge in [0.15, 0.2) is 0 Å². The monoisotopic (exact) mass is 329 g/mol. The average molecular weight is 329 g/mol. The number of nitriles is 2. The molecule has 1 atom stereocenters. The lowest BCUT2D eigenvalue weighted by atomic mass is 9.76. The Morgan fingerprint density at radius 3 is 2.54 bits per heavy atom. The van der Waals surface area contributed by atoms with Crippen LogP contribution in [0, 0.1) is 34.0 Å². The van der Waals surface area contributed by atoms with Gasteiger partial charge in [0.25, 0.3) is 0 Å². The maximum absolute atomic E-state index is 11.9. The molecular weight excluding hydrogens is 302 g/mol. The SMILES string of the molecule is CCC(C)C(=O)CCON(C)C1=CC(=C(C#N)C#N)CC(C)(C)C1. The summed E-state index contributed by atoms with van der Waals surface area (Å²) in [6.07, 6.45) is 4.57. The molecule has 0 bridgehead atoms. The Hall–Kier alpha value is -2.11. The second kappa shape index (κ2) is 8.66. The van der Waals surface area contributed by atoms with Crippen molar-refractivity contribution in [1.82, 2.24) is 5.06 Å². The highest BCUT2D eigenvalue weighted by molar-refractivity contribution is 5.80. The Morgan fingerprint density at radius 2 is 2.00 bits per heavy atom. The van der Waals surface area contributed by atoms with Crippen LogP contribution < -0.4 is 0 Å². The van der Waals surface area contributed by atoms with Gasteiger partial charge in [-0.25, -0.2) is 0 Å². The van der Waals surface area contributed by atoms with Crippen LogP contribution in [0.2, 0.25) is 0 Å². The van der Waals surface area contributed by atoms with E-state index in [9.17, 15) is 4.79 Å². The molecule has 0 aromatic heterocycles. The van der Waals surface area contributed by atoms with Crippen LogP contribution in [0.4, 0.5) is 0 Å². The van der Waals surface area contributed by atoms with Gasteiger partial charge in [0.2, 0.25) is 0 Å². The van der Waals surface area contributed by atoms with Gasteiger partial charge in [0.05, 0.1) is 6.61 Å². The minimum Gasteiger partial charge on any atom is -0.299 e. The number of carbonyl (C=O) groups is 1. The van der Waals surface area contributed by atoms with Crippen LogP contribution in [-0.4, -0.2) is 24.5 Å². The highest BCUT2D eigenvalue weighted by Crippen LogP contribution is 2.39. The Balaban J connectivity index is 2.80. The second-order valence-corrected chi connectivity index (χ2v) is 7.13. The quantitative estimate of drug-likeness (QED) is 0.523. The van der Waals surface area contributed by atoms with Crippen molar-refractivity contribution in [2.45, 2.75) is 53.4 Å². The standard InChI is InChI=1S/C19H27N3O2/c1-6-14(2)18(23)7-8-24-22(5)17-9-15(16(12-20)13-21)10-19(3,4)11-17/h9,14H,6-8,10-11H2,1-5H3. The molecule has 0 saturated heterocycles. The van der Waals surface area contributed by atoms with Crippen molar-refractivity contribution in [3.05, 3.63) is 22.9 Å². The van der Waals surface area contributed by atoms with E-state index in [2.05, 4.69) is 13.8 Å². The smallest absolute Gasteiger partial charge is 0.138 e. The molecule has 1 unspecified atom stereocenters. The van der Waals surface area contributed by atoms with Gasteiger partial charge < -0.3 is 0 Å². The summed E-state index contributed by atoms with van der Waals surface area (Å²) in [5.74, 6) is 0.274. The molecular formula is C19H27N3O2. The van der Waals surface area contributed by atoms with Gasteiger partial charge in [-0.1, -0.05) is 27.7 Å². The number of rotatable bonds is 7. The molecule has 0 aromatic rings. The first-order valence-corrected chi connectivity index (χ1v) is 8.37. The zero-order chi connectivity index (χ0) is 18.3. The molecule has 0 fully saturated rings. The van der Waals surface area contributed by atoms with Crippen LogP contribution in [0.3, 0.4) is 0 Å². The normalized spacial score (nSPS) is 17.3. The molecule has 5 nitrogen and oxygen atoms in total. The van der Waals surface area contributed by atoms with Crippen LogP contribution in [0.5, 0.6) is 0 Å². The number of ketones is 1. The maximum atomic E-state index is 11.9. The third-order valence-corrected chi connectivity index (χ3v) is 4.41. The lowest BCUT2D eigenvalue weighted by Crippen LogP contribution is -2.28. The van der Waals surface area contributed by atoms with E-state index >= 15 is 0 Å². The summed E-state index contributed by atoms with van der Waals surface area (Å²) >= 11 is 0. The lowest BCUT2D eigenvalue weighted by Gasteiger charge is -2.35. The topological polar surface area (TPSA) is 77.1 Å². The lowest BCUT2D eigenvalue weighted by molar-refractivity contribution is -0.136. The molecule has 0 aromatic carbocycles. The first-order chi connectivity index (χ1) is 11.2. The molecule has 130 valence electrons. The van der Waals surface area contributed by atoms with Gasteiger partial charge in [-0.15, -0.1) is 0 Å². The fourth-order valence-electron chi connectivity index (χ4n) is 2.74. The highest BCUT2D eigenvalue weighted by Gasteiger charge is 2.29. The Morgan fingerprint density at radius 1 is 1.38 bits per heavy atom. The summed E-state index contributed by atoms with van der Waals surface area (Å²) in [5.41, 5.74) is 1.76. The molecule has 0 heterocycles. The van der Waals surface area contributed by atoms with Crippen molar-refractivity contribution in [2.75, 3.05) is 13.7 Å². The van der Waals surface area contributed by atoms with E-state index in [0.717, 1.165) is 24.1 Å². The molecule has 1 aliphatic rings. The number of hydroxylamine groups is 2. The summed E-state index contributed by atoms with van der Waals surface area (Å²) in [6, 6.07) is 3.93. The number of Topliss-reactive ketones (excluding diaryl/α,β-unsaturated/α-hetero) is 1. The van der Waals surface area contributed by atoms with Crippen molar-refractivity contribution in [1.29, 1.82) is 10.5 Å². The number of hydrogen-bond acceptors (Lipinski definition) is 5. The van der Waals surface area contributed by atoms with Gasteiger partial charge in [-0.3, -0.25) is 14.7 Å². The Bertz CT molecular complexity index is 602. The molecule has 0 N–H and O–H groups in total. The number of carbonyl (C=O) groups excluding carboxylic acids is 1. The van der Waals surface area contributed by atoms with E-state index in [1.807, 2.05) is 32.1 Å². The number of allylic oxidation sites excluding steroid dienone is 4. The molecule has 24 heavy (non-hydrogen) atoms. The number of hydrogen-bond donors (Lipinski definition) is 0. The molecule has 1 rings (SSSR count). The third kappa shape index (κ3) is 5.51. The zero-order valence-electron chi connectivity index (χ0n) is 15.3. The van der Waals surface area contributed by atoms with Crippen LogP contribution in [0.1, 0.15) is 53.4 Å². The summed E-state index contributed by atoms with van der Waals surface area (Å²) in [7, 11) is 1.80. The molecule has 5 heteroatoms. The van der Waals surface area contributed by atoms with Crippen LogP contribution in [-0.2, 0) is 9.63 Å². The fraction of sp³-hybridized carbons (Fsp3) is 0.632. The largest absolute Gasteiger partial charge is 0.299 e. The predicted octanol–water partition coefficient (Wildman–Crippen LogP) is 3.90. The third-order valence-electron chi connectivity index (χ3n) is 4.41. The van der Waals surface area contributed by atoms with E-state index in [1.54, 1.807) is 12.1 Å². The van der Waals surface area contributed by atoms with E-state index in [4.69, 9.17) is 15.4 Å².